The second kappa shape index (κ2) is 11.4. The summed E-state index contributed by atoms with van der Waals surface area (Å²) in [5.41, 5.74) is 1.43. The molecule has 0 saturated carbocycles. The number of ether oxygens (including phenoxy) is 4. The molecule has 0 saturated heterocycles. The van der Waals surface area contributed by atoms with Gasteiger partial charge in [-0.1, -0.05) is 18.2 Å². The molecule has 0 aromatic heterocycles. The van der Waals surface area contributed by atoms with E-state index in [1.54, 1.807) is 39.2 Å². The lowest BCUT2D eigenvalue weighted by atomic mass is 10.2. The number of anilines is 1. The number of nitrogens with one attached hydrogen (secondary N) is 1. The quantitative estimate of drug-likeness (QED) is 0.282. The van der Waals surface area contributed by atoms with Crippen LogP contribution in [0.25, 0.3) is 0 Å². The van der Waals surface area contributed by atoms with Gasteiger partial charge in [0.25, 0.3) is 0 Å². The summed E-state index contributed by atoms with van der Waals surface area (Å²) in [5.74, 6) is -0.0745. The predicted molar refractivity (Wildman–Crippen MR) is 109 cm³/mol. The first kappa shape index (κ1) is 21.8. The summed E-state index contributed by atoms with van der Waals surface area (Å²) >= 11 is 0. The summed E-state index contributed by atoms with van der Waals surface area (Å²) in [5, 5.41) is 2.92. The molecule has 0 aliphatic heterocycles. The van der Waals surface area contributed by atoms with E-state index >= 15 is 0 Å². The van der Waals surface area contributed by atoms with E-state index in [0.717, 1.165) is 11.3 Å². The molecule has 0 fully saturated rings. The maximum atomic E-state index is 12.0. The highest BCUT2D eigenvalue weighted by Crippen LogP contribution is 2.20. The lowest BCUT2D eigenvalue weighted by Crippen LogP contribution is -2.19. The Morgan fingerprint density at radius 3 is 2.17 bits per heavy atom. The van der Waals surface area contributed by atoms with Gasteiger partial charge in [0.05, 0.1) is 20.3 Å². The zero-order chi connectivity index (χ0) is 21.1. The fraction of sp³-hybridized carbons (Fsp3) is 0.273. The van der Waals surface area contributed by atoms with Crippen molar-refractivity contribution in [3.63, 3.8) is 0 Å². The van der Waals surface area contributed by atoms with E-state index in [2.05, 4.69) is 5.32 Å². The van der Waals surface area contributed by atoms with Gasteiger partial charge in [-0.25, -0.2) is 9.59 Å². The smallest absolute Gasteiger partial charge is 0.347 e. The Labute approximate surface area is 170 Å². The number of carbonyl (C=O) groups excluding carboxylic acids is 2. The number of carbonyl (C=O) groups is 2. The van der Waals surface area contributed by atoms with Crippen molar-refractivity contribution in [2.24, 2.45) is 0 Å². The molecule has 0 radical (unpaired) electrons. The van der Waals surface area contributed by atoms with Crippen molar-refractivity contribution < 1.29 is 28.5 Å². The number of hydrogen-bond donors (Lipinski definition) is 1. The minimum absolute atomic E-state index is 0.157. The van der Waals surface area contributed by atoms with E-state index in [1.807, 2.05) is 30.3 Å². The Bertz CT molecular complexity index is 825. The molecule has 2 aromatic carbocycles. The van der Waals surface area contributed by atoms with Gasteiger partial charge in [-0.2, -0.15) is 0 Å². The van der Waals surface area contributed by atoms with E-state index in [0.29, 0.717) is 18.0 Å². The number of hydrogen-bond acceptors (Lipinski definition) is 7. The third-order valence-electron chi connectivity index (χ3n) is 3.77. The van der Waals surface area contributed by atoms with E-state index in [9.17, 15) is 9.59 Å². The molecule has 0 spiro atoms. The van der Waals surface area contributed by atoms with E-state index in [4.69, 9.17) is 18.9 Å². The van der Waals surface area contributed by atoms with Crippen LogP contribution < -0.4 is 14.8 Å². The summed E-state index contributed by atoms with van der Waals surface area (Å²) in [6.07, 6.45) is 1.28. The average Bonchev–Trinajstić information content (AvgIpc) is 2.73. The number of benzene rings is 2. The Balaban J connectivity index is 2.05. The predicted octanol–water partition coefficient (Wildman–Crippen LogP) is 3.70. The van der Waals surface area contributed by atoms with Gasteiger partial charge >= 0.3 is 11.9 Å². The Kier molecular flexibility index (Phi) is 8.56. The van der Waals surface area contributed by atoms with Crippen LogP contribution in [0, 0.1) is 0 Å². The Morgan fingerprint density at radius 1 is 0.931 bits per heavy atom. The summed E-state index contributed by atoms with van der Waals surface area (Å²) < 4.78 is 20.7. The average molecular weight is 399 g/mol. The molecule has 0 unspecified atom stereocenters. The van der Waals surface area contributed by atoms with Gasteiger partial charge in [0.1, 0.15) is 18.1 Å². The molecule has 0 atom stereocenters. The Morgan fingerprint density at radius 2 is 1.59 bits per heavy atom. The molecule has 0 heterocycles. The van der Waals surface area contributed by atoms with Crippen LogP contribution in [0.3, 0.4) is 0 Å². The van der Waals surface area contributed by atoms with Crippen LogP contribution in [0.5, 0.6) is 11.5 Å². The lowest BCUT2D eigenvalue weighted by Gasteiger charge is -2.10. The SMILES string of the molecule is CCOC(=O)C(=CNc1cccc(OCc2ccc(OC)cc2)c1)C(=O)OCC. The number of methoxy groups -OCH3 is 1. The van der Waals surface area contributed by atoms with Crippen molar-refractivity contribution in [2.75, 3.05) is 25.6 Å². The summed E-state index contributed by atoms with van der Waals surface area (Å²) in [6, 6.07) is 14.7. The first-order chi connectivity index (χ1) is 14.1. The normalized spacial score (nSPS) is 9.90. The third kappa shape index (κ3) is 6.88. The van der Waals surface area contributed by atoms with Gasteiger partial charge in [-0.15, -0.1) is 0 Å². The van der Waals surface area contributed by atoms with E-state index in [-0.39, 0.29) is 18.8 Å². The first-order valence-corrected chi connectivity index (χ1v) is 9.24. The first-order valence-electron chi connectivity index (χ1n) is 9.24. The van der Waals surface area contributed by atoms with Crippen molar-refractivity contribution in [3.05, 3.63) is 65.9 Å². The molecule has 29 heavy (non-hydrogen) atoms. The highest BCUT2D eigenvalue weighted by molar-refractivity contribution is 6.14. The summed E-state index contributed by atoms with van der Waals surface area (Å²) in [4.78, 5) is 24.0. The molecule has 0 aliphatic rings. The molecule has 1 N–H and O–H groups in total. The molecule has 2 aromatic rings. The van der Waals surface area contributed by atoms with Crippen LogP contribution in [0.1, 0.15) is 19.4 Å². The van der Waals surface area contributed by atoms with Gasteiger partial charge in [0, 0.05) is 18.0 Å². The van der Waals surface area contributed by atoms with Gasteiger partial charge in [0.15, 0.2) is 5.57 Å². The van der Waals surface area contributed by atoms with Crippen LogP contribution in [0.4, 0.5) is 5.69 Å². The summed E-state index contributed by atoms with van der Waals surface area (Å²) in [6.45, 7) is 4.03. The van der Waals surface area contributed by atoms with Crippen molar-refractivity contribution >= 4 is 17.6 Å². The van der Waals surface area contributed by atoms with E-state index in [1.165, 1.54) is 6.20 Å². The Hall–Kier alpha value is -3.48. The topological polar surface area (TPSA) is 83.1 Å². The molecule has 0 aliphatic carbocycles. The van der Waals surface area contributed by atoms with E-state index < -0.39 is 11.9 Å². The van der Waals surface area contributed by atoms with Crippen LogP contribution in [-0.4, -0.2) is 32.3 Å². The van der Waals surface area contributed by atoms with Crippen LogP contribution >= 0.6 is 0 Å². The zero-order valence-corrected chi connectivity index (χ0v) is 16.8. The highest BCUT2D eigenvalue weighted by Gasteiger charge is 2.20. The van der Waals surface area contributed by atoms with Crippen LogP contribution in [-0.2, 0) is 25.7 Å². The molecule has 7 heteroatoms. The summed E-state index contributed by atoms with van der Waals surface area (Å²) in [7, 11) is 1.62. The maximum absolute atomic E-state index is 12.0. The second-order valence-corrected chi connectivity index (χ2v) is 5.81. The minimum Gasteiger partial charge on any atom is -0.497 e. The molecular formula is C22H25NO6. The fourth-order valence-corrected chi connectivity index (χ4v) is 2.34. The molecule has 7 nitrogen and oxygen atoms in total. The second-order valence-electron chi connectivity index (χ2n) is 5.81. The molecule has 0 bridgehead atoms. The minimum atomic E-state index is -0.745. The van der Waals surface area contributed by atoms with Crippen LogP contribution in [0.15, 0.2) is 60.3 Å². The van der Waals surface area contributed by atoms with Crippen molar-refractivity contribution in [1.29, 1.82) is 0 Å². The van der Waals surface area contributed by atoms with Gasteiger partial charge in [-0.3, -0.25) is 0 Å². The largest absolute Gasteiger partial charge is 0.497 e. The van der Waals surface area contributed by atoms with Crippen LogP contribution in [0.2, 0.25) is 0 Å². The van der Waals surface area contributed by atoms with Crippen molar-refractivity contribution in [3.8, 4) is 11.5 Å². The standard InChI is InChI=1S/C22H25NO6/c1-4-27-21(24)20(22(25)28-5-2)14-23-17-7-6-8-19(13-17)29-15-16-9-11-18(26-3)12-10-16/h6-14,23H,4-5,15H2,1-3H3. The molecule has 154 valence electrons. The fourth-order valence-electron chi connectivity index (χ4n) is 2.34. The van der Waals surface area contributed by atoms with Crippen molar-refractivity contribution in [2.45, 2.75) is 20.5 Å². The van der Waals surface area contributed by atoms with Crippen molar-refractivity contribution in [1.82, 2.24) is 0 Å². The molecule has 0 amide bonds. The number of esters is 2. The number of rotatable bonds is 10. The zero-order valence-electron chi connectivity index (χ0n) is 16.8. The lowest BCUT2D eigenvalue weighted by molar-refractivity contribution is -0.146. The van der Waals surface area contributed by atoms with Gasteiger partial charge in [0.2, 0.25) is 0 Å². The van der Waals surface area contributed by atoms with Gasteiger partial charge < -0.3 is 24.3 Å². The highest BCUT2D eigenvalue weighted by atomic mass is 16.6. The van der Waals surface area contributed by atoms with Gasteiger partial charge in [-0.05, 0) is 43.7 Å². The molecule has 2 rings (SSSR count). The maximum Gasteiger partial charge on any atom is 0.347 e. The third-order valence-corrected chi connectivity index (χ3v) is 3.77. The molecular weight excluding hydrogens is 374 g/mol. The monoisotopic (exact) mass is 399 g/mol.